The van der Waals surface area contributed by atoms with E-state index in [9.17, 15) is 22.0 Å². The fourth-order valence-corrected chi connectivity index (χ4v) is 2.79. The standard InChI is InChI=1S/C17H23F5N4O.HI/c1-23-16(24-6-2-8-27-11-17(20,21)22)25-13-5-7-26(10-13)15-4-3-12(18)9-14(15)19;/h3-4,9,13H,2,5-8,10-11H2,1H3,(H2,23,24,25);1H. The van der Waals surface area contributed by atoms with Crippen LogP contribution in [0.5, 0.6) is 0 Å². The first-order chi connectivity index (χ1) is 12.8. The Morgan fingerprint density at radius 3 is 2.71 bits per heavy atom. The van der Waals surface area contributed by atoms with Crippen LogP contribution in [0.4, 0.5) is 27.6 Å². The van der Waals surface area contributed by atoms with Gasteiger partial charge in [-0.05, 0) is 25.0 Å². The fraction of sp³-hybridized carbons (Fsp3) is 0.588. The summed E-state index contributed by atoms with van der Waals surface area (Å²) in [6, 6.07) is 3.51. The molecule has 1 unspecified atom stereocenters. The van der Waals surface area contributed by atoms with Gasteiger partial charge in [-0.25, -0.2) is 8.78 Å². The Balaban J connectivity index is 0.00000392. The highest BCUT2D eigenvalue weighted by Crippen LogP contribution is 2.24. The molecule has 0 saturated carbocycles. The minimum atomic E-state index is -4.32. The van der Waals surface area contributed by atoms with Crippen LogP contribution in [0.1, 0.15) is 12.8 Å². The van der Waals surface area contributed by atoms with Crippen LogP contribution >= 0.6 is 24.0 Å². The highest BCUT2D eigenvalue weighted by Gasteiger charge is 2.27. The van der Waals surface area contributed by atoms with E-state index in [2.05, 4.69) is 20.4 Å². The van der Waals surface area contributed by atoms with Crippen molar-refractivity contribution in [3.05, 3.63) is 29.8 Å². The average Bonchev–Trinajstić information content (AvgIpc) is 3.04. The molecule has 1 aliphatic heterocycles. The van der Waals surface area contributed by atoms with Gasteiger partial charge in [-0.3, -0.25) is 4.99 Å². The number of alkyl halides is 3. The molecule has 1 fully saturated rings. The van der Waals surface area contributed by atoms with Crippen molar-refractivity contribution < 1.29 is 26.7 Å². The van der Waals surface area contributed by atoms with Crippen LogP contribution in [-0.4, -0.2) is 58.1 Å². The smallest absolute Gasteiger partial charge is 0.372 e. The number of guanidine groups is 1. The molecule has 1 aromatic rings. The lowest BCUT2D eigenvalue weighted by Gasteiger charge is -2.21. The van der Waals surface area contributed by atoms with Crippen LogP contribution in [-0.2, 0) is 4.74 Å². The first kappa shape index (κ1) is 24.7. The van der Waals surface area contributed by atoms with E-state index >= 15 is 0 Å². The van der Waals surface area contributed by atoms with Crippen molar-refractivity contribution in [3.63, 3.8) is 0 Å². The number of anilines is 1. The molecular weight excluding hydrogens is 498 g/mol. The van der Waals surface area contributed by atoms with Crippen LogP contribution in [0.2, 0.25) is 0 Å². The van der Waals surface area contributed by atoms with Crippen LogP contribution in [0.3, 0.4) is 0 Å². The summed E-state index contributed by atoms with van der Waals surface area (Å²) >= 11 is 0. The van der Waals surface area contributed by atoms with Gasteiger partial charge in [-0.15, -0.1) is 24.0 Å². The summed E-state index contributed by atoms with van der Waals surface area (Å²) in [4.78, 5) is 5.89. The molecular formula is C17H24F5IN4O. The lowest BCUT2D eigenvalue weighted by atomic mass is 10.2. The second-order valence-electron chi connectivity index (χ2n) is 6.19. The summed E-state index contributed by atoms with van der Waals surface area (Å²) in [6.07, 6.45) is -3.18. The topological polar surface area (TPSA) is 48.9 Å². The molecule has 1 saturated heterocycles. The van der Waals surface area contributed by atoms with Gasteiger partial charge in [0, 0.05) is 45.4 Å². The van der Waals surface area contributed by atoms with Gasteiger partial charge < -0.3 is 20.3 Å². The Kier molecular flexibility index (Phi) is 10.2. The normalized spacial score (nSPS) is 17.4. The molecule has 1 aromatic carbocycles. The van der Waals surface area contributed by atoms with E-state index in [1.165, 1.54) is 12.1 Å². The van der Waals surface area contributed by atoms with Gasteiger partial charge >= 0.3 is 6.18 Å². The maximum atomic E-state index is 13.9. The molecule has 0 bridgehead atoms. The van der Waals surface area contributed by atoms with Crippen molar-refractivity contribution in [2.75, 3.05) is 44.8 Å². The largest absolute Gasteiger partial charge is 0.411 e. The number of hydrogen-bond donors (Lipinski definition) is 2. The summed E-state index contributed by atoms with van der Waals surface area (Å²) in [5, 5.41) is 6.19. The Morgan fingerprint density at radius 1 is 1.32 bits per heavy atom. The number of hydrogen-bond acceptors (Lipinski definition) is 3. The van der Waals surface area contributed by atoms with Crippen molar-refractivity contribution in [2.45, 2.75) is 25.1 Å². The van der Waals surface area contributed by atoms with Gasteiger partial charge in [-0.1, -0.05) is 0 Å². The zero-order valence-corrected chi connectivity index (χ0v) is 17.7. The van der Waals surface area contributed by atoms with Crippen LogP contribution in [0, 0.1) is 11.6 Å². The zero-order chi connectivity index (χ0) is 19.9. The predicted molar refractivity (Wildman–Crippen MR) is 108 cm³/mol. The Bertz CT molecular complexity index is 644. The third kappa shape index (κ3) is 8.33. The van der Waals surface area contributed by atoms with Gasteiger partial charge in [0.1, 0.15) is 18.2 Å². The SMILES string of the molecule is CN=C(NCCCOCC(F)(F)F)NC1CCN(c2ccc(F)cc2F)C1.I. The van der Waals surface area contributed by atoms with E-state index in [1.807, 2.05) is 4.90 Å². The first-order valence-electron chi connectivity index (χ1n) is 8.60. The van der Waals surface area contributed by atoms with E-state index < -0.39 is 24.4 Å². The maximum absolute atomic E-state index is 13.9. The summed E-state index contributed by atoms with van der Waals surface area (Å²) in [5.41, 5.74) is 0.352. The second-order valence-corrected chi connectivity index (χ2v) is 6.19. The molecule has 1 atom stereocenters. The number of aliphatic imine (C=N–C) groups is 1. The number of nitrogens with zero attached hydrogens (tertiary/aromatic N) is 2. The van der Waals surface area contributed by atoms with Crippen molar-refractivity contribution in [1.29, 1.82) is 0 Å². The third-order valence-electron chi connectivity index (χ3n) is 4.03. The quantitative estimate of drug-likeness (QED) is 0.190. The van der Waals surface area contributed by atoms with E-state index in [0.29, 0.717) is 37.7 Å². The molecule has 2 N–H and O–H groups in total. The maximum Gasteiger partial charge on any atom is 0.411 e. The Labute approximate surface area is 177 Å². The predicted octanol–water partition coefficient (Wildman–Crippen LogP) is 3.30. The third-order valence-corrected chi connectivity index (χ3v) is 4.03. The molecule has 0 aromatic heterocycles. The number of halogens is 6. The van der Waals surface area contributed by atoms with Gasteiger partial charge in [0.2, 0.25) is 0 Å². The van der Waals surface area contributed by atoms with Crippen molar-refractivity contribution >= 4 is 35.6 Å². The van der Waals surface area contributed by atoms with Gasteiger partial charge in [0.15, 0.2) is 5.96 Å². The van der Waals surface area contributed by atoms with Gasteiger partial charge in [0.25, 0.3) is 0 Å². The molecule has 1 heterocycles. The minimum Gasteiger partial charge on any atom is -0.372 e. The lowest BCUT2D eigenvalue weighted by molar-refractivity contribution is -0.173. The van der Waals surface area contributed by atoms with Crippen molar-refractivity contribution in [1.82, 2.24) is 10.6 Å². The molecule has 11 heteroatoms. The summed E-state index contributed by atoms with van der Waals surface area (Å²) in [7, 11) is 1.59. The molecule has 0 radical (unpaired) electrons. The highest BCUT2D eigenvalue weighted by atomic mass is 127. The lowest BCUT2D eigenvalue weighted by Crippen LogP contribution is -2.45. The highest BCUT2D eigenvalue weighted by molar-refractivity contribution is 14.0. The summed E-state index contributed by atoms with van der Waals surface area (Å²) in [6.45, 7) is 0.281. The summed E-state index contributed by atoms with van der Waals surface area (Å²) < 4.78 is 67.3. The minimum absolute atomic E-state index is 0. The van der Waals surface area contributed by atoms with Gasteiger partial charge in [-0.2, -0.15) is 13.2 Å². The Morgan fingerprint density at radius 2 is 2.07 bits per heavy atom. The van der Waals surface area contributed by atoms with Crippen LogP contribution in [0.15, 0.2) is 23.2 Å². The van der Waals surface area contributed by atoms with E-state index in [0.717, 1.165) is 12.5 Å². The number of ether oxygens (including phenoxy) is 1. The van der Waals surface area contributed by atoms with E-state index in [4.69, 9.17) is 0 Å². The van der Waals surface area contributed by atoms with Gasteiger partial charge in [0.05, 0.1) is 5.69 Å². The first-order valence-corrected chi connectivity index (χ1v) is 8.60. The number of nitrogens with one attached hydrogen (secondary N) is 2. The average molecular weight is 522 g/mol. The molecule has 0 aliphatic carbocycles. The van der Waals surface area contributed by atoms with E-state index in [-0.39, 0.29) is 36.6 Å². The molecule has 28 heavy (non-hydrogen) atoms. The fourth-order valence-electron chi connectivity index (χ4n) is 2.79. The van der Waals surface area contributed by atoms with E-state index in [1.54, 1.807) is 7.05 Å². The Hall–Kier alpha value is -1.37. The van der Waals surface area contributed by atoms with Crippen molar-refractivity contribution in [2.24, 2.45) is 4.99 Å². The molecule has 160 valence electrons. The monoisotopic (exact) mass is 522 g/mol. The molecule has 5 nitrogen and oxygen atoms in total. The van der Waals surface area contributed by atoms with Crippen LogP contribution in [0.25, 0.3) is 0 Å². The molecule has 0 spiro atoms. The second kappa shape index (κ2) is 11.6. The van der Waals surface area contributed by atoms with Crippen LogP contribution < -0.4 is 15.5 Å². The molecule has 1 aliphatic rings. The molecule has 0 amide bonds. The summed E-state index contributed by atoms with van der Waals surface area (Å²) in [5.74, 6) is -0.705. The number of rotatable bonds is 7. The molecule has 2 rings (SSSR count). The zero-order valence-electron chi connectivity index (χ0n) is 15.4. The van der Waals surface area contributed by atoms with Crippen molar-refractivity contribution in [3.8, 4) is 0 Å². The number of benzene rings is 1.